The lowest BCUT2D eigenvalue weighted by Crippen LogP contribution is -2.01. The molecule has 106 valence electrons. The average molecular weight is 253 g/mol. The molecule has 0 radical (unpaired) electrons. The standard InChI is InChI=1S/C9H12O.C5H13N.C2H6/c1-2-10-8-9-6-4-3-5-7-9;1-5(2)3-4-6;1-2/h3-7H,2,8H2,1H3;5H,3-4,6H2,1-2H3;1-2H3. The Labute approximate surface area is 114 Å². The van der Waals surface area contributed by atoms with Crippen LogP contribution in [-0.2, 0) is 11.3 Å². The summed E-state index contributed by atoms with van der Waals surface area (Å²) >= 11 is 0. The van der Waals surface area contributed by atoms with Crippen molar-refractivity contribution in [3.8, 4) is 0 Å². The van der Waals surface area contributed by atoms with Crippen LogP contribution in [0.25, 0.3) is 0 Å². The second-order valence-corrected chi connectivity index (χ2v) is 4.09. The van der Waals surface area contributed by atoms with Gasteiger partial charge in [0.25, 0.3) is 0 Å². The summed E-state index contributed by atoms with van der Waals surface area (Å²) in [6, 6.07) is 10.2. The van der Waals surface area contributed by atoms with E-state index in [0.717, 1.165) is 32.1 Å². The van der Waals surface area contributed by atoms with Gasteiger partial charge in [0, 0.05) is 6.61 Å². The van der Waals surface area contributed by atoms with Crippen LogP contribution in [0.1, 0.15) is 46.6 Å². The molecule has 0 saturated carbocycles. The number of benzene rings is 1. The van der Waals surface area contributed by atoms with Crippen molar-refractivity contribution < 1.29 is 4.74 Å². The van der Waals surface area contributed by atoms with E-state index in [9.17, 15) is 0 Å². The van der Waals surface area contributed by atoms with E-state index in [4.69, 9.17) is 10.5 Å². The Bertz CT molecular complexity index is 234. The van der Waals surface area contributed by atoms with Crippen molar-refractivity contribution >= 4 is 0 Å². The highest BCUT2D eigenvalue weighted by molar-refractivity contribution is 5.13. The zero-order chi connectivity index (χ0) is 14.2. The van der Waals surface area contributed by atoms with Crippen molar-refractivity contribution in [3.63, 3.8) is 0 Å². The van der Waals surface area contributed by atoms with E-state index < -0.39 is 0 Å². The molecule has 0 aromatic heterocycles. The summed E-state index contributed by atoms with van der Waals surface area (Å²) in [7, 11) is 0. The lowest BCUT2D eigenvalue weighted by atomic mass is 10.1. The van der Waals surface area contributed by atoms with Gasteiger partial charge in [-0.25, -0.2) is 0 Å². The first kappa shape index (κ1) is 19.5. The molecule has 0 heterocycles. The topological polar surface area (TPSA) is 35.2 Å². The van der Waals surface area contributed by atoms with E-state index >= 15 is 0 Å². The maximum absolute atomic E-state index is 5.23. The van der Waals surface area contributed by atoms with Gasteiger partial charge in [0.2, 0.25) is 0 Å². The van der Waals surface area contributed by atoms with Crippen molar-refractivity contribution in [1.29, 1.82) is 0 Å². The van der Waals surface area contributed by atoms with Crippen LogP contribution in [0, 0.1) is 5.92 Å². The molecule has 2 heteroatoms. The van der Waals surface area contributed by atoms with Gasteiger partial charge < -0.3 is 10.5 Å². The van der Waals surface area contributed by atoms with Crippen molar-refractivity contribution in [1.82, 2.24) is 0 Å². The summed E-state index contributed by atoms with van der Waals surface area (Å²) < 4.78 is 5.22. The van der Waals surface area contributed by atoms with Crippen LogP contribution < -0.4 is 5.73 Å². The van der Waals surface area contributed by atoms with Gasteiger partial charge >= 0.3 is 0 Å². The Morgan fingerprint density at radius 2 is 1.67 bits per heavy atom. The number of ether oxygens (including phenoxy) is 1. The number of nitrogens with two attached hydrogens (primary N) is 1. The first-order chi connectivity index (χ1) is 8.70. The van der Waals surface area contributed by atoms with Crippen LogP contribution in [0.2, 0.25) is 0 Å². The predicted molar refractivity (Wildman–Crippen MR) is 81.6 cm³/mol. The second kappa shape index (κ2) is 16.1. The van der Waals surface area contributed by atoms with E-state index in [0.29, 0.717) is 0 Å². The molecule has 1 rings (SSSR count). The van der Waals surface area contributed by atoms with Gasteiger partial charge in [-0.15, -0.1) is 0 Å². The molecular weight excluding hydrogens is 222 g/mol. The zero-order valence-corrected chi connectivity index (χ0v) is 12.8. The summed E-state index contributed by atoms with van der Waals surface area (Å²) in [6.07, 6.45) is 1.15. The van der Waals surface area contributed by atoms with E-state index in [1.54, 1.807) is 0 Å². The Kier molecular flexibility index (Phi) is 17.5. The summed E-state index contributed by atoms with van der Waals surface area (Å²) in [4.78, 5) is 0. The van der Waals surface area contributed by atoms with Crippen molar-refractivity contribution in [3.05, 3.63) is 35.9 Å². The van der Waals surface area contributed by atoms with Gasteiger partial charge in [-0.05, 0) is 31.4 Å². The van der Waals surface area contributed by atoms with Crippen LogP contribution in [0.5, 0.6) is 0 Å². The fourth-order valence-corrected chi connectivity index (χ4v) is 1.13. The van der Waals surface area contributed by atoms with Crippen LogP contribution in [0.4, 0.5) is 0 Å². The van der Waals surface area contributed by atoms with Crippen molar-refractivity contribution in [2.24, 2.45) is 11.7 Å². The predicted octanol–water partition coefficient (Wildman–Crippen LogP) is 4.24. The van der Waals surface area contributed by atoms with Gasteiger partial charge in [-0.3, -0.25) is 0 Å². The minimum absolute atomic E-state index is 0.733. The molecule has 1 aromatic carbocycles. The molecule has 0 atom stereocenters. The first-order valence-electron chi connectivity index (χ1n) is 7.02. The third-order valence-electron chi connectivity index (χ3n) is 2.06. The molecular formula is C16H31NO. The third kappa shape index (κ3) is 15.1. The minimum atomic E-state index is 0.733. The highest BCUT2D eigenvalue weighted by Gasteiger charge is 1.87. The number of hydrogen-bond donors (Lipinski definition) is 1. The SMILES string of the molecule is CC.CC(C)CCN.CCOCc1ccccc1. The molecule has 0 saturated heterocycles. The van der Waals surface area contributed by atoms with E-state index in [-0.39, 0.29) is 0 Å². The fourth-order valence-electron chi connectivity index (χ4n) is 1.13. The summed E-state index contributed by atoms with van der Waals surface area (Å²) in [5.41, 5.74) is 6.47. The monoisotopic (exact) mass is 253 g/mol. The molecule has 0 aliphatic carbocycles. The Morgan fingerprint density at radius 1 is 1.11 bits per heavy atom. The first-order valence-corrected chi connectivity index (χ1v) is 7.02. The molecule has 18 heavy (non-hydrogen) atoms. The highest BCUT2D eigenvalue weighted by Crippen LogP contribution is 1.99. The Balaban J connectivity index is 0. The molecule has 2 N–H and O–H groups in total. The van der Waals surface area contributed by atoms with Gasteiger partial charge in [-0.1, -0.05) is 58.0 Å². The normalized spacial score (nSPS) is 9.06. The van der Waals surface area contributed by atoms with Crippen LogP contribution in [0.3, 0.4) is 0 Å². The quantitative estimate of drug-likeness (QED) is 0.852. The second-order valence-electron chi connectivity index (χ2n) is 4.09. The lowest BCUT2D eigenvalue weighted by Gasteiger charge is -1.98. The third-order valence-corrected chi connectivity index (χ3v) is 2.06. The maximum atomic E-state index is 5.23. The summed E-state index contributed by atoms with van der Waals surface area (Å²) in [6.45, 7) is 12.7. The molecule has 0 amide bonds. The lowest BCUT2D eigenvalue weighted by molar-refractivity contribution is 0.134. The van der Waals surface area contributed by atoms with Crippen LogP contribution in [-0.4, -0.2) is 13.2 Å². The highest BCUT2D eigenvalue weighted by atomic mass is 16.5. The van der Waals surface area contributed by atoms with Gasteiger partial charge in [0.1, 0.15) is 0 Å². The van der Waals surface area contributed by atoms with E-state index in [1.807, 2.05) is 39.0 Å². The van der Waals surface area contributed by atoms with E-state index in [2.05, 4.69) is 26.0 Å². The molecule has 0 unspecified atom stereocenters. The van der Waals surface area contributed by atoms with Crippen molar-refractivity contribution in [2.45, 2.75) is 47.6 Å². The Hall–Kier alpha value is -0.860. The smallest absolute Gasteiger partial charge is 0.0716 e. The zero-order valence-electron chi connectivity index (χ0n) is 12.8. The Morgan fingerprint density at radius 3 is 2.00 bits per heavy atom. The maximum Gasteiger partial charge on any atom is 0.0716 e. The fraction of sp³-hybridized carbons (Fsp3) is 0.625. The molecule has 0 bridgehead atoms. The molecule has 1 aromatic rings. The summed E-state index contributed by atoms with van der Waals surface area (Å²) in [5, 5.41) is 0. The minimum Gasteiger partial charge on any atom is -0.377 e. The van der Waals surface area contributed by atoms with Crippen LogP contribution in [0.15, 0.2) is 30.3 Å². The molecule has 2 nitrogen and oxygen atoms in total. The largest absolute Gasteiger partial charge is 0.377 e. The van der Waals surface area contributed by atoms with Crippen LogP contribution >= 0.6 is 0 Å². The molecule has 0 aliphatic heterocycles. The van der Waals surface area contributed by atoms with Crippen molar-refractivity contribution in [2.75, 3.05) is 13.2 Å². The number of hydrogen-bond acceptors (Lipinski definition) is 2. The van der Waals surface area contributed by atoms with Gasteiger partial charge in [0.05, 0.1) is 6.61 Å². The average Bonchev–Trinajstić information content (AvgIpc) is 2.40. The molecule has 0 aliphatic rings. The van der Waals surface area contributed by atoms with Gasteiger partial charge in [-0.2, -0.15) is 0 Å². The number of rotatable bonds is 5. The molecule has 0 fully saturated rings. The van der Waals surface area contributed by atoms with E-state index in [1.165, 1.54) is 5.56 Å². The summed E-state index contributed by atoms with van der Waals surface area (Å²) in [5.74, 6) is 0.773. The molecule has 0 spiro atoms. The van der Waals surface area contributed by atoms with Gasteiger partial charge in [0.15, 0.2) is 0 Å².